The largest absolute Gasteiger partial charge is 0.455 e. The number of para-hydroxylation sites is 4. The summed E-state index contributed by atoms with van der Waals surface area (Å²) in [5, 5.41) is 11.1. The van der Waals surface area contributed by atoms with Crippen LogP contribution in [-0.4, -0.2) is 0 Å². The minimum atomic E-state index is 0.834. The van der Waals surface area contributed by atoms with Crippen LogP contribution in [0.1, 0.15) is 0 Å². The summed E-state index contributed by atoms with van der Waals surface area (Å²) >= 11 is 0. The number of anilines is 3. The quantitative estimate of drug-likeness (QED) is 0.175. The third-order valence-corrected chi connectivity index (χ3v) is 12.3. The summed E-state index contributed by atoms with van der Waals surface area (Å²) in [5.74, 6) is 0. The van der Waals surface area contributed by atoms with Crippen LogP contribution in [0.3, 0.4) is 0 Å². The van der Waals surface area contributed by atoms with E-state index in [0.29, 0.717) is 0 Å². The van der Waals surface area contributed by atoms with Gasteiger partial charge < -0.3 is 18.2 Å². The Morgan fingerprint density at radius 2 is 0.800 bits per heavy atom. The Bertz CT molecular complexity index is 3850. The van der Waals surface area contributed by atoms with E-state index in [1.54, 1.807) is 0 Å². The van der Waals surface area contributed by atoms with E-state index in [1.165, 1.54) is 0 Å². The summed E-state index contributed by atoms with van der Waals surface area (Å²) in [6.07, 6.45) is 0. The van der Waals surface area contributed by atoms with Gasteiger partial charge in [-0.05, 0) is 64.9 Å². The topological polar surface area (TPSA) is 42.7 Å². The fraction of sp³-hybridized carbons (Fsp3) is 0. The minimum Gasteiger partial charge on any atom is -0.455 e. The fourth-order valence-electron chi connectivity index (χ4n) is 9.53. The highest BCUT2D eigenvalue weighted by Crippen LogP contribution is 2.49. The second-order valence-corrected chi connectivity index (χ2v) is 15.5. The first kappa shape index (κ1) is 32.9. The molecule has 0 saturated heterocycles. The van der Waals surface area contributed by atoms with Gasteiger partial charge in [-0.15, -0.1) is 0 Å². The molecule has 0 aliphatic heterocycles. The third kappa shape index (κ3) is 4.79. The van der Waals surface area contributed by atoms with Gasteiger partial charge in [-0.2, -0.15) is 0 Å². The van der Waals surface area contributed by atoms with Gasteiger partial charge in [0.05, 0.1) is 16.8 Å². The van der Waals surface area contributed by atoms with E-state index in [1.807, 2.05) is 12.1 Å². The fourth-order valence-corrected chi connectivity index (χ4v) is 9.53. The zero-order valence-corrected chi connectivity index (χ0v) is 32.2. The Balaban J connectivity index is 1.06. The van der Waals surface area contributed by atoms with Crippen molar-refractivity contribution in [2.75, 3.05) is 4.90 Å². The van der Waals surface area contributed by atoms with E-state index in [2.05, 4.69) is 193 Å². The highest BCUT2D eigenvalue weighted by molar-refractivity contribution is 6.21. The predicted octanol–water partition coefficient (Wildman–Crippen LogP) is 16.5. The highest BCUT2D eigenvalue weighted by Gasteiger charge is 2.24. The van der Waals surface area contributed by atoms with Gasteiger partial charge in [0.15, 0.2) is 0 Å². The standard InChI is InChI=1S/C56H33NO3/c1-3-14-38-34(12-1)28-32-46-45-21-10-19-43(56(45)60-54(38)46)41-16-5-7-22-48(41)57(49-23-11-25-51-52(49)47-33-29-35-13-2-4-15-39(35)55(47)59-51)37-30-26-36(27-31-37)40-18-9-20-44-42-17-6-8-24-50(42)58-53(40)44/h1-33H. The van der Waals surface area contributed by atoms with Crippen molar-refractivity contribution in [2.45, 2.75) is 0 Å². The summed E-state index contributed by atoms with van der Waals surface area (Å²) < 4.78 is 20.2. The molecule has 0 aliphatic rings. The molecular weight excluding hydrogens is 735 g/mol. The Kier molecular flexibility index (Phi) is 6.98. The zero-order chi connectivity index (χ0) is 39.3. The lowest BCUT2D eigenvalue weighted by atomic mass is 9.97. The Morgan fingerprint density at radius 3 is 1.60 bits per heavy atom. The number of furan rings is 3. The molecule has 0 spiro atoms. The highest BCUT2D eigenvalue weighted by atomic mass is 16.3. The number of rotatable bonds is 5. The van der Waals surface area contributed by atoms with Crippen molar-refractivity contribution >= 4 is 104 Å². The molecule has 0 bridgehead atoms. The van der Waals surface area contributed by atoms with E-state index >= 15 is 0 Å². The maximum Gasteiger partial charge on any atom is 0.143 e. The summed E-state index contributed by atoms with van der Waals surface area (Å²) in [6, 6.07) is 70.7. The van der Waals surface area contributed by atoms with E-state index in [4.69, 9.17) is 13.3 Å². The molecule has 4 heteroatoms. The molecule has 0 saturated carbocycles. The first-order chi connectivity index (χ1) is 29.8. The van der Waals surface area contributed by atoms with Crippen molar-refractivity contribution < 1.29 is 13.3 Å². The molecule has 280 valence electrons. The van der Waals surface area contributed by atoms with E-state index in [-0.39, 0.29) is 0 Å². The van der Waals surface area contributed by atoms with Gasteiger partial charge in [0.25, 0.3) is 0 Å². The molecule has 13 rings (SSSR count). The number of hydrogen-bond acceptors (Lipinski definition) is 4. The molecule has 0 unspecified atom stereocenters. The monoisotopic (exact) mass is 767 g/mol. The Labute approximate surface area is 343 Å². The van der Waals surface area contributed by atoms with E-state index in [9.17, 15) is 0 Å². The summed E-state index contributed by atoms with van der Waals surface area (Å²) in [7, 11) is 0. The molecule has 0 atom stereocenters. The van der Waals surface area contributed by atoms with Crippen molar-refractivity contribution in [1.29, 1.82) is 0 Å². The molecule has 10 aromatic carbocycles. The molecule has 0 fully saturated rings. The van der Waals surface area contributed by atoms with Crippen LogP contribution in [0.25, 0.3) is 110 Å². The molecule has 0 aliphatic carbocycles. The lowest BCUT2D eigenvalue weighted by Gasteiger charge is -2.28. The van der Waals surface area contributed by atoms with Crippen molar-refractivity contribution in [3.63, 3.8) is 0 Å². The molecule has 60 heavy (non-hydrogen) atoms. The number of benzene rings is 10. The SMILES string of the molecule is c1ccc(N(c2ccc(-c3cccc4c3oc3ccccc34)cc2)c2cccc3oc4c5ccccc5ccc4c23)c(-c2cccc3c2oc2c4ccccc4ccc32)c1. The van der Waals surface area contributed by atoms with Crippen LogP contribution < -0.4 is 4.90 Å². The second kappa shape index (κ2) is 12.7. The van der Waals surface area contributed by atoms with Crippen LogP contribution in [0.5, 0.6) is 0 Å². The number of nitrogens with zero attached hydrogens (tertiary/aromatic N) is 1. The van der Waals surface area contributed by atoms with Crippen molar-refractivity contribution in [3.05, 3.63) is 200 Å². The van der Waals surface area contributed by atoms with Gasteiger partial charge in [0, 0.05) is 60.1 Å². The van der Waals surface area contributed by atoms with Gasteiger partial charge in [-0.3, -0.25) is 0 Å². The second-order valence-electron chi connectivity index (χ2n) is 15.5. The molecular formula is C56H33NO3. The smallest absolute Gasteiger partial charge is 0.143 e. The number of fused-ring (bicyclic) bond motifs is 13. The van der Waals surface area contributed by atoms with E-state index in [0.717, 1.165) is 127 Å². The van der Waals surface area contributed by atoms with Crippen LogP contribution in [0.2, 0.25) is 0 Å². The summed E-state index contributed by atoms with van der Waals surface area (Å²) in [4.78, 5) is 2.38. The summed E-state index contributed by atoms with van der Waals surface area (Å²) in [6.45, 7) is 0. The van der Waals surface area contributed by atoms with Crippen LogP contribution in [0.15, 0.2) is 213 Å². The van der Waals surface area contributed by atoms with Gasteiger partial charge in [-0.25, -0.2) is 0 Å². The van der Waals surface area contributed by atoms with E-state index < -0.39 is 0 Å². The van der Waals surface area contributed by atoms with Crippen LogP contribution >= 0.6 is 0 Å². The first-order valence-corrected chi connectivity index (χ1v) is 20.3. The molecule has 13 aromatic rings. The molecule has 0 radical (unpaired) electrons. The summed E-state index contributed by atoms with van der Waals surface area (Å²) in [5.41, 5.74) is 12.5. The van der Waals surface area contributed by atoms with Gasteiger partial charge in [0.2, 0.25) is 0 Å². The van der Waals surface area contributed by atoms with Crippen LogP contribution in [-0.2, 0) is 0 Å². The van der Waals surface area contributed by atoms with Gasteiger partial charge in [-0.1, -0.05) is 152 Å². The molecule has 0 N–H and O–H groups in total. The maximum atomic E-state index is 6.93. The Morgan fingerprint density at radius 1 is 0.283 bits per heavy atom. The third-order valence-electron chi connectivity index (χ3n) is 12.3. The predicted molar refractivity (Wildman–Crippen MR) is 249 cm³/mol. The van der Waals surface area contributed by atoms with Crippen LogP contribution in [0.4, 0.5) is 17.1 Å². The Hall–Kier alpha value is -8.08. The average Bonchev–Trinajstić information content (AvgIpc) is 4.02. The molecule has 4 nitrogen and oxygen atoms in total. The molecule has 3 aromatic heterocycles. The normalized spacial score (nSPS) is 12.0. The van der Waals surface area contributed by atoms with Crippen molar-refractivity contribution in [1.82, 2.24) is 0 Å². The van der Waals surface area contributed by atoms with Gasteiger partial charge in [0.1, 0.15) is 33.5 Å². The molecule has 0 amide bonds. The first-order valence-electron chi connectivity index (χ1n) is 20.3. The molecule has 3 heterocycles. The minimum absolute atomic E-state index is 0.834. The lowest BCUT2D eigenvalue weighted by Crippen LogP contribution is -2.11. The zero-order valence-electron chi connectivity index (χ0n) is 32.2. The lowest BCUT2D eigenvalue weighted by molar-refractivity contribution is 0.670. The van der Waals surface area contributed by atoms with Gasteiger partial charge >= 0.3 is 0 Å². The average molecular weight is 768 g/mol. The van der Waals surface area contributed by atoms with Crippen molar-refractivity contribution in [2.24, 2.45) is 0 Å². The van der Waals surface area contributed by atoms with Crippen molar-refractivity contribution in [3.8, 4) is 22.3 Å². The number of hydrogen-bond donors (Lipinski definition) is 0. The maximum absolute atomic E-state index is 6.93. The van der Waals surface area contributed by atoms with Crippen LogP contribution in [0, 0.1) is 0 Å².